The molecule has 3 aromatic heterocycles. The molecule has 0 saturated carbocycles. The highest BCUT2D eigenvalue weighted by Gasteiger charge is 2.27. The number of rotatable bonds is 10. The minimum absolute atomic E-state index is 0.338. The maximum absolute atomic E-state index is 5.86. The van der Waals surface area contributed by atoms with E-state index in [9.17, 15) is 0 Å². The number of fused-ring (bicyclic) bond motifs is 4. The summed E-state index contributed by atoms with van der Waals surface area (Å²) in [6, 6.07) is 15.8. The van der Waals surface area contributed by atoms with Crippen LogP contribution in [0.2, 0.25) is 0 Å². The summed E-state index contributed by atoms with van der Waals surface area (Å²) in [5.74, 6) is 0. The number of pyridine rings is 2. The van der Waals surface area contributed by atoms with E-state index in [0.29, 0.717) is 6.04 Å². The molecule has 6 rings (SSSR count). The van der Waals surface area contributed by atoms with Crippen LogP contribution in [0.15, 0.2) is 54.9 Å². The van der Waals surface area contributed by atoms with Crippen molar-refractivity contribution >= 4 is 21.8 Å². The highest BCUT2D eigenvalue weighted by Crippen LogP contribution is 2.35. The van der Waals surface area contributed by atoms with Crippen molar-refractivity contribution in [1.29, 1.82) is 0 Å². The molecule has 1 aliphatic carbocycles. The molecule has 4 aromatic rings. The molecule has 4 heterocycles. The van der Waals surface area contributed by atoms with E-state index in [1.807, 2.05) is 6.20 Å². The third-order valence-electron chi connectivity index (χ3n) is 8.33. The Morgan fingerprint density at radius 3 is 2.76 bits per heavy atom. The van der Waals surface area contributed by atoms with Gasteiger partial charge in [-0.05, 0) is 69.0 Å². The zero-order valence-corrected chi connectivity index (χ0v) is 22.4. The Kier molecular flexibility index (Phi) is 7.97. The third-order valence-corrected chi connectivity index (χ3v) is 8.33. The fourth-order valence-electron chi connectivity index (χ4n) is 6.34. The molecule has 200 valence electrons. The zero-order chi connectivity index (χ0) is 25.7. The van der Waals surface area contributed by atoms with Crippen molar-refractivity contribution in [3.05, 3.63) is 71.8 Å². The molecule has 1 aliphatic heterocycles. The Bertz CT molecular complexity index is 1360. The average Bonchev–Trinajstić information content (AvgIpc) is 3.29. The Morgan fingerprint density at radius 1 is 0.974 bits per heavy atom. The summed E-state index contributed by atoms with van der Waals surface area (Å²) in [6.45, 7) is 8.26. The zero-order valence-electron chi connectivity index (χ0n) is 22.4. The van der Waals surface area contributed by atoms with E-state index in [2.05, 4.69) is 63.0 Å². The molecule has 7 heteroatoms. The Labute approximate surface area is 225 Å². The number of nitrogens with two attached hydrogens (primary N) is 1. The molecular weight excluding hydrogens is 472 g/mol. The van der Waals surface area contributed by atoms with Crippen LogP contribution in [0.1, 0.15) is 48.7 Å². The lowest BCUT2D eigenvalue weighted by Gasteiger charge is -2.35. The van der Waals surface area contributed by atoms with Crippen LogP contribution in [0, 0.1) is 0 Å². The maximum Gasteiger partial charge on any atom is 0.0678 e. The third kappa shape index (κ3) is 5.34. The van der Waals surface area contributed by atoms with E-state index >= 15 is 0 Å². The van der Waals surface area contributed by atoms with Crippen LogP contribution in [0.5, 0.6) is 0 Å². The number of ether oxygens (including phenoxy) is 1. The molecule has 0 spiro atoms. The molecule has 0 bridgehead atoms. The van der Waals surface area contributed by atoms with Gasteiger partial charge in [0.15, 0.2) is 0 Å². The molecule has 38 heavy (non-hydrogen) atoms. The lowest BCUT2D eigenvalue weighted by Crippen LogP contribution is -2.38. The van der Waals surface area contributed by atoms with Crippen LogP contribution >= 0.6 is 0 Å². The van der Waals surface area contributed by atoms with Gasteiger partial charge in [-0.1, -0.05) is 24.3 Å². The summed E-state index contributed by atoms with van der Waals surface area (Å²) >= 11 is 0. The van der Waals surface area contributed by atoms with E-state index in [1.54, 1.807) is 0 Å². The first-order valence-corrected chi connectivity index (χ1v) is 14.4. The average molecular weight is 513 g/mol. The lowest BCUT2D eigenvalue weighted by molar-refractivity contribution is 0.0366. The fourth-order valence-corrected chi connectivity index (χ4v) is 6.34. The molecule has 1 saturated heterocycles. The second-order valence-corrected chi connectivity index (χ2v) is 10.7. The van der Waals surface area contributed by atoms with Gasteiger partial charge in [0.2, 0.25) is 0 Å². The molecule has 1 atom stereocenters. The number of hydrogen-bond acceptors (Lipinski definition) is 6. The Hall–Kier alpha value is -2.84. The molecular formula is C31H40N6O. The first-order chi connectivity index (χ1) is 18.8. The van der Waals surface area contributed by atoms with Gasteiger partial charge in [-0.3, -0.25) is 19.8 Å². The van der Waals surface area contributed by atoms with Gasteiger partial charge in [0, 0.05) is 55.2 Å². The molecule has 2 aliphatic rings. The fraction of sp³-hybridized carbons (Fsp3) is 0.484. The van der Waals surface area contributed by atoms with Crippen molar-refractivity contribution in [2.75, 3.05) is 45.9 Å². The monoisotopic (exact) mass is 512 g/mol. The van der Waals surface area contributed by atoms with Crippen LogP contribution in [-0.4, -0.2) is 70.3 Å². The SMILES string of the molecule is NCCCCN(Cc1cc2c3ccccc3n(CCN3CCOCC3)c2cn1)[C@H]1CCCc2cccnc21. The van der Waals surface area contributed by atoms with Crippen molar-refractivity contribution in [2.24, 2.45) is 5.73 Å². The Balaban J connectivity index is 1.30. The largest absolute Gasteiger partial charge is 0.379 e. The standard InChI is InChI=1S/C31H40N6O/c32-12-3-4-14-36(29-11-5-7-24-8-6-13-33-31(24)29)23-25-21-27-26-9-1-2-10-28(26)37(30(27)22-34-25)16-15-35-17-19-38-20-18-35/h1-2,6,8-10,13,21-22,29H,3-5,7,11-12,14-20,23,32H2/t29-/m0/s1. The van der Waals surface area contributed by atoms with Gasteiger partial charge in [0.1, 0.15) is 0 Å². The predicted molar refractivity (Wildman–Crippen MR) is 153 cm³/mol. The van der Waals surface area contributed by atoms with Crippen LogP contribution in [0.25, 0.3) is 21.8 Å². The molecule has 0 radical (unpaired) electrons. The number of nitrogens with zero attached hydrogens (tertiary/aromatic N) is 5. The quantitative estimate of drug-likeness (QED) is 0.315. The number of para-hydroxylation sites is 1. The van der Waals surface area contributed by atoms with Crippen molar-refractivity contribution in [1.82, 2.24) is 24.3 Å². The second-order valence-electron chi connectivity index (χ2n) is 10.7. The van der Waals surface area contributed by atoms with Crippen molar-refractivity contribution in [3.8, 4) is 0 Å². The highest BCUT2D eigenvalue weighted by molar-refractivity contribution is 6.07. The van der Waals surface area contributed by atoms with Crippen LogP contribution in [-0.2, 0) is 24.2 Å². The van der Waals surface area contributed by atoms with Crippen molar-refractivity contribution < 1.29 is 4.74 Å². The van der Waals surface area contributed by atoms with Gasteiger partial charge < -0.3 is 15.0 Å². The van der Waals surface area contributed by atoms with E-state index in [0.717, 1.165) is 90.4 Å². The number of hydrogen-bond donors (Lipinski definition) is 1. The minimum atomic E-state index is 0.338. The smallest absolute Gasteiger partial charge is 0.0678 e. The highest BCUT2D eigenvalue weighted by atomic mass is 16.5. The summed E-state index contributed by atoms with van der Waals surface area (Å²) in [6.07, 6.45) is 9.68. The van der Waals surface area contributed by atoms with E-state index in [4.69, 9.17) is 20.4 Å². The van der Waals surface area contributed by atoms with Gasteiger partial charge >= 0.3 is 0 Å². The first-order valence-electron chi connectivity index (χ1n) is 14.4. The number of morpholine rings is 1. The second kappa shape index (κ2) is 11.9. The van der Waals surface area contributed by atoms with Gasteiger partial charge in [-0.2, -0.15) is 0 Å². The minimum Gasteiger partial charge on any atom is -0.379 e. The number of aromatic nitrogens is 3. The van der Waals surface area contributed by atoms with Crippen LogP contribution < -0.4 is 5.73 Å². The van der Waals surface area contributed by atoms with Crippen LogP contribution in [0.3, 0.4) is 0 Å². The van der Waals surface area contributed by atoms with Crippen molar-refractivity contribution in [3.63, 3.8) is 0 Å². The summed E-state index contributed by atoms with van der Waals surface area (Å²) in [7, 11) is 0. The van der Waals surface area contributed by atoms with E-state index in [-0.39, 0.29) is 0 Å². The molecule has 2 N–H and O–H groups in total. The maximum atomic E-state index is 5.86. The van der Waals surface area contributed by atoms with Gasteiger partial charge in [0.25, 0.3) is 0 Å². The molecule has 7 nitrogen and oxygen atoms in total. The van der Waals surface area contributed by atoms with Gasteiger partial charge in [-0.25, -0.2) is 0 Å². The van der Waals surface area contributed by atoms with Crippen molar-refractivity contribution in [2.45, 2.75) is 51.2 Å². The van der Waals surface area contributed by atoms with E-state index in [1.165, 1.54) is 39.5 Å². The first kappa shape index (κ1) is 25.4. The Morgan fingerprint density at radius 2 is 1.87 bits per heavy atom. The van der Waals surface area contributed by atoms with E-state index < -0.39 is 0 Å². The molecule has 1 fully saturated rings. The van der Waals surface area contributed by atoms with Gasteiger partial charge in [-0.15, -0.1) is 0 Å². The lowest BCUT2D eigenvalue weighted by atomic mass is 9.90. The summed E-state index contributed by atoms with van der Waals surface area (Å²) in [5, 5.41) is 2.61. The summed E-state index contributed by atoms with van der Waals surface area (Å²) < 4.78 is 8.00. The topological polar surface area (TPSA) is 72.4 Å². The molecule has 1 aromatic carbocycles. The molecule has 0 amide bonds. The number of unbranched alkanes of at least 4 members (excludes halogenated alkanes) is 1. The molecule has 0 unspecified atom stereocenters. The van der Waals surface area contributed by atoms with Crippen LogP contribution in [0.4, 0.5) is 0 Å². The number of benzene rings is 1. The number of aryl methyl sites for hydroxylation is 1. The summed E-state index contributed by atoms with van der Waals surface area (Å²) in [4.78, 5) is 15.0. The van der Waals surface area contributed by atoms with Gasteiger partial charge in [0.05, 0.1) is 42.4 Å². The normalized spacial score (nSPS) is 18.4. The summed E-state index contributed by atoms with van der Waals surface area (Å²) in [5.41, 5.74) is 12.2. The predicted octanol–water partition coefficient (Wildman–Crippen LogP) is 4.54.